The summed E-state index contributed by atoms with van der Waals surface area (Å²) in [4.78, 5) is 24.9. The van der Waals surface area contributed by atoms with Gasteiger partial charge in [-0.3, -0.25) is 19.4 Å². The van der Waals surface area contributed by atoms with Crippen LogP contribution in [0.1, 0.15) is 35.3 Å². The zero-order valence-corrected chi connectivity index (χ0v) is 14.0. The standard InChI is InChI=1S/C17H19N3O3S/c21-13-10-24-15(11-4-2-1-3-5-11)14-16(18-13)20(19-17(14)22)12-6-8-23-9-7-12/h1-5,12,15H,6-10H2,(H,18,21)(H,19,22)/t15-/m1/s1. The van der Waals surface area contributed by atoms with Gasteiger partial charge in [-0.15, -0.1) is 11.8 Å². The second-order valence-electron chi connectivity index (χ2n) is 6.07. The lowest BCUT2D eigenvalue weighted by Crippen LogP contribution is -2.24. The summed E-state index contributed by atoms with van der Waals surface area (Å²) in [7, 11) is 0. The first-order valence-corrected chi connectivity index (χ1v) is 9.17. The molecule has 1 fully saturated rings. The molecule has 7 heteroatoms. The lowest BCUT2D eigenvalue weighted by molar-refractivity contribution is -0.113. The van der Waals surface area contributed by atoms with E-state index >= 15 is 0 Å². The number of anilines is 1. The number of hydrogen-bond acceptors (Lipinski definition) is 4. The first-order chi connectivity index (χ1) is 11.7. The number of thioether (sulfide) groups is 1. The number of fused-ring (bicyclic) bond motifs is 1. The highest BCUT2D eigenvalue weighted by Gasteiger charge is 2.32. The van der Waals surface area contributed by atoms with Gasteiger partial charge in [0.1, 0.15) is 5.82 Å². The third-order valence-electron chi connectivity index (χ3n) is 4.52. The van der Waals surface area contributed by atoms with Crippen molar-refractivity contribution in [2.24, 2.45) is 0 Å². The van der Waals surface area contributed by atoms with Gasteiger partial charge >= 0.3 is 0 Å². The van der Waals surface area contributed by atoms with Gasteiger partial charge in [0, 0.05) is 13.2 Å². The molecule has 0 radical (unpaired) electrons. The van der Waals surface area contributed by atoms with Crippen molar-refractivity contribution in [3.05, 3.63) is 51.8 Å². The number of aromatic nitrogens is 2. The van der Waals surface area contributed by atoms with E-state index < -0.39 is 0 Å². The number of aromatic amines is 1. The molecular formula is C17H19N3O3S. The minimum Gasteiger partial charge on any atom is -0.381 e. The van der Waals surface area contributed by atoms with Crippen molar-refractivity contribution in [1.29, 1.82) is 0 Å². The summed E-state index contributed by atoms with van der Waals surface area (Å²) < 4.78 is 7.26. The maximum absolute atomic E-state index is 12.7. The molecule has 0 spiro atoms. The number of ether oxygens (including phenoxy) is 1. The molecule has 1 atom stereocenters. The van der Waals surface area contributed by atoms with E-state index in [0.29, 0.717) is 30.3 Å². The summed E-state index contributed by atoms with van der Waals surface area (Å²) in [6.07, 6.45) is 1.66. The molecule has 4 rings (SSSR count). The quantitative estimate of drug-likeness (QED) is 0.876. The number of carbonyl (C=O) groups is 1. The fourth-order valence-electron chi connectivity index (χ4n) is 3.35. The minimum absolute atomic E-state index is 0.0699. The molecule has 0 bridgehead atoms. The predicted octanol–water partition coefficient (Wildman–Crippen LogP) is 2.30. The van der Waals surface area contributed by atoms with E-state index in [2.05, 4.69) is 10.4 Å². The van der Waals surface area contributed by atoms with Gasteiger partial charge in [0.05, 0.1) is 22.6 Å². The first-order valence-electron chi connectivity index (χ1n) is 8.12. The number of nitrogens with zero attached hydrogens (tertiary/aromatic N) is 1. The average molecular weight is 345 g/mol. The van der Waals surface area contributed by atoms with Crippen LogP contribution in [0.3, 0.4) is 0 Å². The van der Waals surface area contributed by atoms with Crippen molar-refractivity contribution >= 4 is 23.5 Å². The Morgan fingerprint density at radius 3 is 2.62 bits per heavy atom. The van der Waals surface area contributed by atoms with Crippen LogP contribution in [0.2, 0.25) is 0 Å². The molecule has 1 saturated heterocycles. The lowest BCUT2D eigenvalue weighted by Gasteiger charge is -2.25. The van der Waals surface area contributed by atoms with Crippen molar-refractivity contribution in [2.45, 2.75) is 24.1 Å². The summed E-state index contributed by atoms with van der Waals surface area (Å²) in [6, 6.07) is 10.0. The summed E-state index contributed by atoms with van der Waals surface area (Å²) >= 11 is 1.49. The van der Waals surface area contributed by atoms with Crippen LogP contribution in [-0.4, -0.2) is 34.7 Å². The van der Waals surface area contributed by atoms with E-state index in [4.69, 9.17) is 4.74 Å². The van der Waals surface area contributed by atoms with E-state index in [1.54, 1.807) is 0 Å². The molecule has 2 aliphatic heterocycles. The number of H-pyrrole nitrogens is 1. The number of rotatable bonds is 2. The second kappa shape index (κ2) is 6.49. The van der Waals surface area contributed by atoms with Crippen LogP contribution in [0.5, 0.6) is 0 Å². The molecular weight excluding hydrogens is 326 g/mol. The Hall–Kier alpha value is -1.99. The highest BCUT2D eigenvalue weighted by molar-refractivity contribution is 8.00. The molecule has 1 aromatic heterocycles. The van der Waals surface area contributed by atoms with E-state index in [1.807, 2.05) is 35.0 Å². The SMILES string of the molecule is O=C1CS[C@H](c2ccccc2)c2c(n(C3CCOCC3)[nH]c2=O)N1. The first kappa shape index (κ1) is 15.5. The van der Waals surface area contributed by atoms with Crippen LogP contribution in [-0.2, 0) is 9.53 Å². The number of nitrogens with one attached hydrogen (secondary N) is 2. The molecule has 1 amide bonds. The summed E-state index contributed by atoms with van der Waals surface area (Å²) in [5, 5.41) is 5.74. The smallest absolute Gasteiger partial charge is 0.270 e. The van der Waals surface area contributed by atoms with E-state index in [0.717, 1.165) is 18.4 Å². The topological polar surface area (TPSA) is 76.1 Å². The number of hydrogen-bond donors (Lipinski definition) is 2. The predicted molar refractivity (Wildman–Crippen MR) is 93.5 cm³/mol. The molecule has 6 nitrogen and oxygen atoms in total. The van der Waals surface area contributed by atoms with E-state index in [9.17, 15) is 9.59 Å². The largest absolute Gasteiger partial charge is 0.381 e. The van der Waals surface area contributed by atoms with Crippen LogP contribution in [0, 0.1) is 0 Å². The Bertz CT molecular complexity index is 793. The van der Waals surface area contributed by atoms with Gasteiger partial charge in [-0.1, -0.05) is 30.3 Å². The Morgan fingerprint density at radius 1 is 1.12 bits per heavy atom. The molecule has 24 heavy (non-hydrogen) atoms. The van der Waals surface area contributed by atoms with Gasteiger partial charge in [-0.05, 0) is 18.4 Å². The maximum Gasteiger partial charge on any atom is 0.270 e. The molecule has 1 aromatic carbocycles. The fraction of sp³-hybridized carbons (Fsp3) is 0.412. The summed E-state index contributed by atoms with van der Waals surface area (Å²) in [5.74, 6) is 0.886. The van der Waals surface area contributed by atoms with Crippen LogP contribution in [0.25, 0.3) is 0 Å². The zero-order valence-electron chi connectivity index (χ0n) is 13.2. The molecule has 2 aromatic rings. The third-order valence-corrected chi connectivity index (χ3v) is 5.79. The summed E-state index contributed by atoms with van der Waals surface area (Å²) in [5.41, 5.74) is 1.55. The van der Waals surface area contributed by atoms with Crippen LogP contribution in [0.15, 0.2) is 35.1 Å². The Balaban J connectivity index is 1.82. The average Bonchev–Trinajstić information content (AvgIpc) is 2.83. The third kappa shape index (κ3) is 2.78. The molecule has 0 aliphatic carbocycles. The van der Waals surface area contributed by atoms with E-state index in [1.165, 1.54) is 11.8 Å². The molecule has 2 N–H and O–H groups in total. The van der Waals surface area contributed by atoms with E-state index in [-0.39, 0.29) is 22.8 Å². The Labute approximate surface area is 143 Å². The highest BCUT2D eigenvalue weighted by atomic mass is 32.2. The van der Waals surface area contributed by atoms with Gasteiger partial charge in [0.25, 0.3) is 5.56 Å². The Kier molecular flexibility index (Phi) is 4.20. The van der Waals surface area contributed by atoms with Gasteiger partial charge < -0.3 is 10.1 Å². The van der Waals surface area contributed by atoms with Gasteiger partial charge in [0.2, 0.25) is 5.91 Å². The maximum atomic E-state index is 12.7. The van der Waals surface area contributed by atoms with Gasteiger partial charge in [-0.2, -0.15) is 0 Å². The molecule has 0 unspecified atom stereocenters. The number of carbonyl (C=O) groups excluding carboxylic acids is 1. The molecule has 3 heterocycles. The zero-order chi connectivity index (χ0) is 16.5. The normalized spacial score (nSPS) is 21.8. The lowest BCUT2D eigenvalue weighted by atomic mass is 10.1. The van der Waals surface area contributed by atoms with Crippen LogP contribution in [0.4, 0.5) is 5.82 Å². The van der Waals surface area contributed by atoms with Crippen molar-refractivity contribution in [3.8, 4) is 0 Å². The van der Waals surface area contributed by atoms with Crippen molar-refractivity contribution in [2.75, 3.05) is 24.3 Å². The highest BCUT2D eigenvalue weighted by Crippen LogP contribution is 2.40. The van der Waals surface area contributed by atoms with Gasteiger partial charge in [0.15, 0.2) is 0 Å². The summed E-state index contributed by atoms with van der Waals surface area (Å²) in [6.45, 7) is 1.34. The second-order valence-corrected chi connectivity index (χ2v) is 7.16. The molecule has 2 aliphatic rings. The molecule has 126 valence electrons. The van der Waals surface area contributed by atoms with Crippen molar-refractivity contribution in [1.82, 2.24) is 9.78 Å². The Morgan fingerprint density at radius 2 is 1.88 bits per heavy atom. The van der Waals surface area contributed by atoms with Crippen molar-refractivity contribution in [3.63, 3.8) is 0 Å². The number of amides is 1. The monoisotopic (exact) mass is 345 g/mol. The van der Waals surface area contributed by atoms with Crippen LogP contribution < -0.4 is 10.9 Å². The van der Waals surface area contributed by atoms with Crippen molar-refractivity contribution < 1.29 is 9.53 Å². The number of benzene rings is 1. The van der Waals surface area contributed by atoms with Gasteiger partial charge in [-0.25, -0.2) is 0 Å². The minimum atomic E-state index is -0.148. The fourth-order valence-corrected chi connectivity index (χ4v) is 4.48. The van der Waals surface area contributed by atoms with Crippen LogP contribution >= 0.6 is 11.8 Å². The molecule has 0 saturated carbocycles.